The summed E-state index contributed by atoms with van der Waals surface area (Å²) in [7, 11) is 0. The molecule has 0 aliphatic rings. The lowest BCUT2D eigenvalue weighted by Crippen LogP contribution is -2.21. The van der Waals surface area contributed by atoms with Gasteiger partial charge in [-0.25, -0.2) is 0 Å². The van der Waals surface area contributed by atoms with E-state index in [2.05, 4.69) is 0 Å². The highest BCUT2D eigenvalue weighted by Crippen LogP contribution is 2.34. The molecule has 0 aliphatic heterocycles. The van der Waals surface area contributed by atoms with Crippen molar-refractivity contribution in [3.05, 3.63) is 29.8 Å². The fourth-order valence-electron chi connectivity index (χ4n) is 0.936. The van der Waals surface area contributed by atoms with Crippen molar-refractivity contribution in [1.29, 1.82) is 0 Å². The van der Waals surface area contributed by atoms with E-state index in [4.69, 9.17) is 10.8 Å². The van der Waals surface area contributed by atoms with Crippen molar-refractivity contribution < 1.29 is 18.3 Å². The first-order valence-electron chi connectivity index (χ1n) is 3.52. The van der Waals surface area contributed by atoms with Gasteiger partial charge in [0.05, 0.1) is 0 Å². The quantitative estimate of drug-likeness (QED) is 0.665. The van der Waals surface area contributed by atoms with Crippen LogP contribution in [0.4, 0.5) is 18.9 Å². The highest BCUT2D eigenvalue weighted by molar-refractivity contribution is 5.47. The summed E-state index contributed by atoms with van der Waals surface area (Å²) >= 11 is 0. The zero-order valence-electron chi connectivity index (χ0n) is 6.55. The van der Waals surface area contributed by atoms with E-state index >= 15 is 0 Å². The Kier molecular flexibility index (Phi) is 2.47. The van der Waals surface area contributed by atoms with Gasteiger partial charge in [0.25, 0.3) is 0 Å². The zero-order chi connectivity index (χ0) is 10.1. The summed E-state index contributed by atoms with van der Waals surface area (Å²) in [5.74, 6) is 0. The summed E-state index contributed by atoms with van der Waals surface area (Å²) in [5, 5.41) is 8.83. The fourth-order valence-corrected chi connectivity index (χ4v) is 0.936. The van der Waals surface area contributed by atoms with Crippen molar-refractivity contribution in [3.63, 3.8) is 0 Å². The molecular weight excluding hydrogens is 183 g/mol. The van der Waals surface area contributed by atoms with Crippen LogP contribution in [0, 0.1) is 0 Å². The van der Waals surface area contributed by atoms with Crippen LogP contribution >= 0.6 is 0 Å². The number of anilines is 1. The summed E-state index contributed by atoms with van der Waals surface area (Å²) in [6.45, 7) is 0. The smallest absolute Gasteiger partial charge is 0.398 e. The first kappa shape index (κ1) is 9.85. The number of para-hydroxylation sites is 1. The van der Waals surface area contributed by atoms with Crippen LogP contribution in [0.5, 0.6) is 0 Å². The van der Waals surface area contributed by atoms with Gasteiger partial charge in [0.15, 0.2) is 6.10 Å². The SMILES string of the molecule is Nc1ccccc1C(O)C(F)(F)F. The van der Waals surface area contributed by atoms with E-state index in [-0.39, 0.29) is 11.3 Å². The minimum atomic E-state index is -4.67. The lowest BCUT2D eigenvalue weighted by Gasteiger charge is -2.16. The number of aliphatic hydroxyl groups excluding tert-OH is 1. The lowest BCUT2D eigenvalue weighted by molar-refractivity contribution is -0.206. The van der Waals surface area contributed by atoms with Crippen LogP contribution in [-0.2, 0) is 0 Å². The molecule has 1 aromatic carbocycles. The Labute approximate surface area is 72.8 Å². The number of hydrogen-bond acceptors (Lipinski definition) is 2. The number of alkyl halides is 3. The summed E-state index contributed by atoms with van der Waals surface area (Å²) in [5.41, 5.74) is 4.89. The molecule has 1 atom stereocenters. The largest absolute Gasteiger partial charge is 0.418 e. The van der Waals surface area contributed by atoms with Gasteiger partial charge < -0.3 is 10.8 Å². The van der Waals surface area contributed by atoms with E-state index in [1.807, 2.05) is 0 Å². The van der Waals surface area contributed by atoms with E-state index in [9.17, 15) is 13.2 Å². The van der Waals surface area contributed by atoms with Crippen LogP contribution in [0.15, 0.2) is 24.3 Å². The Balaban J connectivity index is 3.02. The molecule has 0 radical (unpaired) electrons. The topological polar surface area (TPSA) is 46.2 Å². The Morgan fingerprint density at radius 1 is 1.23 bits per heavy atom. The van der Waals surface area contributed by atoms with Gasteiger partial charge in [-0.05, 0) is 6.07 Å². The molecule has 72 valence electrons. The highest BCUT2D eigenvalue weighted by atomic mass is 19.4. The predicted octanol–water partition coefficient (Wildman–Crippen LogP) is 1.86. The molecular formula is C8H8F3NO. The van der Waals surface area contributed by atoms with Crippen molar-refractivity contribution in [3.8, 4) is 0 Å². The third-order valence-corrected chi connectivity index (χ3v) is 1.60. The molecule has 0 saturated heterocycles. The van der Waals surface area contributed by atoms with Gasteiger partial charge in [0.2, 0.25) is 0 Å². The van der Waals surface area contributed by atoms with Crippen molar-refractivity contribution in [2.75, 3.05) is 5.73 Å². The summed E-state index contributed by atoms with van der Waals surface area (Å²) in [6.07, 6.45) is -7.18. The Morgan fingerprint density at radius 3 is 2.23 bits per heavy atom. The Morgan fingerprint density at radius 2 is 1.77 bits per heavy atom. The van der Waals surface area contributed by atoms with Crippen LogP contribution in [0.1, 0.15) is 11.7 Å². The number of nitrogen functional groups attached to an aromatic ring is 1. The van der Waals surface area contributed by atoms with Gasteiger partial charge in [0, 0.05) is 11.3 Å². The van der Waals surface area contributed by atoms with Gasteiger partial charge in [-0.3, -0.25) is 0 Å². The molecule has 0 aromatic heterocycles. The second-order valence-corrected chi connectivity index (χ2v) is 2.57. The Bertz CT molecular complexity index is 298. The number of aliphatic hydroxyl groups is 1. The number of rotatable bonds is 1. The van der Waals surface area contributed by atoms with Crippen LogP contribution in [0.2, 0.25) is 0 Å². The van der Waals surface area contributed by atoms with Gasteiger partial charge >= 0.3 is 6.18 Å². The standard InChI is InChI=1S/C8H8F3NO/c9-8(10,11)7(13)5-3-1-2-4-6(5)12/h1-4,7,13H,12H2. The molecule has 0 saturated carbocycles. The summed E-state index contributed by atoms with van der Waals surface area (Å²) in [4.78, 5) is 0. The molecule has 0 bridgehead atoms. The molecule has 0 spiro atoms. The molecule has 0 fully saturated rings. The van der Waals surface area contributed by atoms with Crippen molar-refractivity contribution in [2.24, 2.45) is 0 Å². The second kappa shape index (κ2) is 3.26. The molecule has 1 rings (SSSR count). The number of nitrogens with two attached hydrogens (primary N) is 1. The molecule has 3 N–H and O–H groups in total. The minimum absolute atomic E-state index is 0.0627. The Hall–Kier alpha value is -1.23. The second-order valence-electron chi connectivity index (χ2n) is 2.57. The maximum atomic E-state index is 12.0. The van der Waals surface area contributed by atoms with E-state index in [1.54, 1.807) is 0 Å². The fraction of sp³-hybridized carbons (Fsp3) is 0.250. The van der Waals surface area contributed by atoms with Crippen molar-refractivity contribution in [2.45, 2.75) is 12.3 Å². The van der Waals surface area contributed by atoms with Crippen molar-refractivity contribution in [1.82, 2.24) is 0 Å². The first-order valence-corrected chi connectivity index (χ1v) is 3.52. The minimum Gasteiger partial charge on any atom is -0.398 e. The van der Waals surface area contributed by atoms with Crippen LogP contribution < -0.4 is 5.73 Å². The number of hydrogen-bond donors (Lipinski definition) is 2. The third kappa shape index (κ3) is 2.12. The zero-order valence-corrected chi connectivity index (χ0v) is 6.55. The molecule has 13 heavy (non-hydrogen) atoms. The van der Waals surface area contributed by atoms with Crippen LogP contribution in [0.25, 0.3) is 0 Å². The maximum absolute atomic E-state index is 12.0. The molecule has 5 heteroatoms. The molecule has 1 unspecified atom stereocenters. The highest BCUT2D eigenvalue weighted by Gasteiger charge is 2.40. The predicted molar refractivity (Wildman–Crippen MR) is 41.9 cm³/mol. The van der Waals surface area contributed by atoms with Gasteiger partial charge in [-0.15, -0.1) is 0 Å². The van der Waals surface area contributed by atoms with E-state index in [0.717, 1.165) is 6.07 Å². The van der Waals surface area contributed by atoms with E-state index < -0.39 is 12.3 Å². The van der Waals surface area contributed by atoms with Gasteiger partial charge in [-0.2, -0.15) is 13.2 Å². The average molecular weight is 191 g/mol. The average Bonchev–Trinajstić information content (AvgIpc) is 2.02. The van der Waals surface area contributed by atoms with E-state index in [0.29, 0.717) is 0 Å². The summed E-state index contributed by atoms with van der Waals surface area (Å²) < 4.78 is 36.0. The number of benzene rings is 1. The van der Waals surface area contributed by atoms with Crippen molar-refractivity contribution >= 4 is 5.69 Å². The van der Waals surface area contributed by atoms with Gasteiger partial charge in [0.1, 0.15) is 0 Å². The molecule has 0 amide bonds. The first-order chi connectivity index (χ1) is 5.93. The van der Waals surface area contributed by atoms with E-state index in [1.165, 1.54) is 18.2 Å². The monoisotopic (exact) mass is 191 g/mol. The number of halogens is 3. The van der Waals surface area contributed by atoms with Crippen LogP contribution in [-0.4, -0.2) is 11.3 Å². The maximum Gasteiger partial charge on any atom is 0.418 e. The normalized spacial score (nSPS) is 14.2. The summed E-state index contributed by atoms with van der Waals surface area (Å²) in [6, 6.07) is 5.35. The molecule has 1 aromatic rings. The molecule has 0 aliphatic carbocycles. The molecule has 2 nitrogen and oxygen atoms in total. The molecule has 0 heterocycles. The van der Waals surface area contributed by atoms with Crippen LogP contribution in [0.3, 0.4) is 0 Å². The third-order valence-electron chi connectivity index (χ3n) is 1.60. The lowest BCUT2D eigenvalue weighted by atomic mass is 10.1. The van der Waals surface area contributed by atoms with Gasteiger partial charge in [-0.1, -0.05) is 18.2 Å².